The minimum Gasteiger partial charge on any atom is -0.484 e. The number of nitrogens with zero attached hydrogens (tertiary/aromatic N) is 1. The van der Waals surface area contributed by atoms with Crippen LogP contribution in [0.15, 0.2) is 42.5 Å². The van der Waals surface area contributed by atoms with E-state index in [1.165, 1.54) is 0 Å². The van der Waals surface area contributed by atoms with Crippen molar-refractivity contribution in [2.24, 2.45) is 5.73 Å². The van der Waals surface area contributed by atoms with Gasteiger partial charge in [0.15, 0.2) is 0 Å². The second kappa shape index (κ2) is 5.65. The molecular formula is C15H18N2O. The first kappa shape index (κ1) is 12.6. The van der Waals surface area contributed by atoms with Crippen molar-refractivity contribution in [2.75, 3.05) is 0 Å². The molecule has 0 spiro atoms. The molecule has 1 aromatic heterocycles. The normalized spacial score (nSPS) is 12.2. The maximum atomic E-state index is 5.93. The van der Waals surface area contributed by atoms with Gasteiger partial charge in [-0.15, -0.1) is 0 Å². The third-order valence-electron chi connectivity index (χ3n) is 2.84. The quantitative estimate of drug-likeness (QED) is 0.896. The van der Waals surface area contributed by atoms with Crippen molar-refractivity contribution < 1.29 is 4.74 Å². The highest BCUT2D eigenvalue weighted by Gasteiger charge is 2.10. The molecule has 94 valence electrons. The summed E-state index contributed by atoms with van der Waals surface area (Å²) in [5, 5.41) is 0. The Labute approximate surface area is 108 Å². The number of nitrogens with two attached hydrogens (primary N) is 1. The molecule has 0 saturated carbocycles. The summed E-state index contributed by atoms with van der Waals surface area (Å²) in [7, 11) is 0. The zero-order valence-corrected chi connectivity index (χ0v) is 10.8. The van der Waals surface area contributed by atoms with E-state index >= 15 is 0 Å². The summed E-state index contributed by atoms with van der Waals surface area (Å²) >= 11 is 0. The molecule has 0 bridgehead atoms. The van der Waals surface area contributed by atoms with E-state index in [4.69, 9.17) is 10.5 Å². The Bertz CT molecular complexity index is 511. The van der Waals surface area contributed by atoms with Gasteiger partial charge in [-0.1, -0.05) is 30.3 Å². The third-order valence-corrected chi connectivity index (χ3v) is 2.84. The molecule has 18 heavy (non-hydrogen) atoms. The van der Waals surface area contributed by atoms with Gasteiger partial charge in [0.1, 0.15) is 11.9 Å². The van der Waals surface area contributed by atoms with Gasteiger partial charge in [0.05, 0.1) is 5.69 Å². The SMILES string of the molecule is Cc1ccc(OC(C)c2ccccc2)c(CN)n1. The van der Waals surface area contributed by atoms with Crippen molar-refractivity contribution in [2.45, 2.75) is 26.5 Å². The molecule has 2 rings (SSSR count). The van der Waals surface area contributed by atoms with Crippen LogP contribution in [-0.2, 0) is 6.54 Å². The van der Waals surface area contributed by atoms with Crippen molar-refractivity contribution in [3.63, 3.8) is 0 Å². The van der Waals surface area contributed by atoms with Crippen LogP contribution in [0.25, 0.3) is 0 Å². The highest BCUT2D eigenvalue weighted by molar-refractivity contribution is 5.30. The van der Waals surface area contributed by atoms with Crippen LogP contribution in [0.4, 0.5) is 0 Å². The Balaban J connectivity index is 2.19. The number of ether oxygens (including phenoxy) is 1. The van der Waals surface area contributed by atoms with Gasteiger partial charge in [-0.3, -0.25) is 4.98 Å². The van der Waals surface area contributed by atoms with Crippen LogP contribution < -0.4 is 10.5 Å². The standard InChI is InChI=1S/C15H18N2O/c1-11-8-9-15(14(10-16)17-11)18-12(2)13-6-4-3-5-7-13/h3-9,12H,10,16H2,1-2H3. The topological polar surface area (TPSA) is 48.1 Å². The molecule has 1 aromatic carbocycles. The second-order valence-corrected chi connectivity index (χ2v) is 4.27. The van der Waals surface area contributed by atoms with E-state index < -0.39 is 0 Å². The monoisotopic (exact) mass is 242 g/mol. The Morgan fingerprint density at radius 2 is 1.89 bits per heavy atom. The summed E-state index contributed by atoms with van der Waals surface area (Å²) in [6.07, 6.45) is -0.0130. The Hall–Kier alpha value is -1.87. The van der Waals surface area contributed by atoms with Crippen LogP contribution >= 0.6 is 0 Å². The largest absolute Gasteiger partial charge is 0.484 e. The summed E-state index contributed by atoms with van der Waals surface area (Å²) in [6, 6.07) is 14.0. The van der Waals surface area contributed by atoms with Crippen LogP contribution in [0, 0.1) is 6.92 Å². The maximum absolute atomic E-state index is 5.93. The first-order valence-electron chi connectivity index (χ1n) is 6.09. The molecule has 1 unspecified atom stereocenters. The fourth-order valence-corrected chi connectivity index (χ4v) is 1.83. The Morgan fingerprint density at radius 1 is 1.17 bits per heavy atom. The molecule has 0 aliphatic heterocycles. The molecule has 1 heterocycles. The maximum Gasteiger partial charge on any atom is 0.143 e. The van der Waals surface area contributed by atoms with E-state index in [0.29, 0.717) is 6.54 Å². The smallest absolute Gasteiger partial charge is 0.143 e. The van der Waals surface area contributed by atoms with Crippen LogP contribution in [-0.4, -0.2) is 4.98 Å². The Kier molecular flexibility index (Phi) is 3.95. The van der Waals surface area contributed by atoms with E-state index in [2.05, 4.69) is 17.1 Å². The molecule has 0 aliphatic rings. The third kappa shape index (κ3) is 2.87. The molecular weight excluding hydrogens is 224 g/mol. The van der Waals surface area contributed by atoms with Crippen LogP contribution in [0.2, 0.25) is 0 Å². The fourth-order valence-electron chi connectivity index (χ4n) is 1.83. The van der Waals surface area contributed by atoms with Gasteiger partial charge in [-0.2, -0.15) is 0 Å². The predicted octanol–water partition coefficient (Wildman–Crippen LogP) is 2.99. The van der Waals surface area contributed by atoms with Crippen molar-refractivity contribution in [1.29, 1.82) is 0 Å². The van der Waals surface area contributed by atoms with E-state index in [0.717, 1.165) is 22.7 Å². The lowest BCUT2D eigenvalue weighted by molar-refractivity contribution is 0.223. The van der Waals surface area contributed by atoms with Gasteiger partial charge in [-0.25, -0.2) is 0 Å². The Morgan fingerprint density at radius 3 is 2.56 bits per heavy atom. The number of hydrogen-bond donors (Lipinski definition) is 1. The second-order valence-electron chi connectivity index (χ2n) is 4.27. The van der Waals surface area contributed by atoms with Crippen molar-refractivity contribution in [3.05, 3.63) is 59.4 Å². The summed E-state index contributed by atoms with van der Waals surface area (Å²) in [5.41, 5.74) is 8.59. The summed E-state index contributed by atoms with van der Waals surface area (Å²) in [5.74, 6) is 0.763. The van der Waals surface area contributed by atoms with E-state index in [-0.39, 0.29) is 6.10 Å². The van der Waals surface area contributed by atoms with Gasteiger partial charge >= 0.3 is 0 Å². The molecule has 0 fully saturated rings. The van der Waals surface area contributed by atoms with Gasteiger partial charge < -0.3 is 10.5 Å². The van der Waals surface area contributed by atoms with E-state index in [1.54, 1.807) is 0 Å². The first-order valence-corrected chi connectivity index (χ1v) is 6.09. The summed E-state index contributed by atoms with van der Waals surface area (Å²) in [4.78, 5) is 4.39. The van der Waals surface area contributed by atoms with Gasteiger partial charge in [0, 0.05) is 12.2 Å². The first-order chi connectivity index (χ1) is 8.70. The van der Waals surface area contributed by atoms with E-state index in [1.807, 2.05) is 44.2 Å². The molecule has 0 amide bonds. The number of rotatable bonds is 4. The number of hydrogen-bond acceptors (Lipinski definition) is 3. The van der Waals surface area contributed by atoms with Gasteiger partial charge in [0.25, 0.3) is 0 Å². The fraction of sp³-hybridized carbons (Fsp3) is 0.267. The minimum absolute atomic E-state index is 0.0130. The van der Waals surface area contributed by atoms with Crippen LogP contribution in [0.5, 0.6) is 5.75 Å². The number of aryl methyl sites for hydroxylation is 1. The lowest BCUT2D eigenvalue weighted by atomic mass is 10.1. The van der Waals surface area contributed by atoms with Crippen molar-refractivity contribution >= 4 is 0 Å². The average Bonchev–Trinajstić information content (AvgIpc) is 2.41. The zero-order valence-electron chi connectivity index (χ0n) is 10.8. The van der Waals surface area contributed by atoms with Gasteiger partial charge in [0.2, 0.25) is 0 Å². The zero-order chi connectivity index (χ0) is 13.0. The van der Waals surface area contributed by atoms with Crippen molar-refractivity contribution in [3.8, 4) is 5.75 Å². The molecule has 2 N–H and O–H groups in total. The number of pyridine rings is 1. The predicted molar refractivity (Wildman–Crippen MR) is 72.4 cm³/mol. The lowest BCUT2D eigenvalue weighted by Crippen LogP contribution is -2.08. The highest BCUT2D eigenvalue weighted by Crippen LogP contribution is 2.24. The number of aromatic nitrogens is 1. The summed E-state index contributed by atoms with van der Waals surface area (Å²) < 4.78 is 5.93. The van der Waals surface area contributed by atoms with Gasteiger partial charge in [-0.05, 0) is 31.5 Å². The van der Waals surface area contributed by atoms with Crippen LogP contribution in [0.3, 0.4) is 0 Å². The molecule has 3 nitrogen and oxygen atoms in total. The molecule has 0 saturated heterocycles. The number of benzene rings is 1. The molecule has 2 aromatic rings. The lowest BCUT2D eigenvalue weighted by Gasteiger charge is -2.17. The molecule has 3 heteroatoms. The van der Waals surface area contributed by atoms with E-state index in [9.17, 15) is 0 Å². The average molecular weight is 242 g/mol. The summed E-state index contributed by atoms with van der Waals surface area (Å²) in [6.45, 7) is 4.36. The van der Waals surface area contributed by atoms with Crippen molar-refractivity contribution in [1.82, 2.24) is 4.98 Å². The molecule has 0 aliphatic carbocycles. The minimum atomic E-state index is -0.0130. The van der Waals surface area contributed by atoms with Crippen LogP contribution in [0.1, 0.15) is 30.0 Å². The highest BCUT2D eigenvalue weighted by atomic mass is 16.5. The molecule has 1 atom stereocenters. The molecule has 0 radical (unpaired) electrons.